The van der Waals surface area contributed by atoms with Gasteiger partial charge < -0.3 is 9.88 Å². The third-order valence-electron chi connectivity index (χ3n) is 4.01. The first-order chi connectivity index (χ1) is 11.6. The van der Waals surface area contributed by atoms with Crippen molar-refractivity contribution in [2.24, 2.45) is 0 Å². The fourth-order valence-corrected chi connectivity index (χ4v) is 2.64. The summed E-state index contributed by atoms with van der Waals surface area (Å²) in [5, 5.41) is 3.48. The van der Waals surface area contributed by atoms with E-state index in [2.05, 4.69) is 29.2 Å². The van der Waals surface area contributed by atoms with Crippen LogP contribution >= 0.6 is 0 Å². The first-order valence-corrected chi connectivity index (χ1v) is 8.20. The fraction of sp³-hybridized carbons (Fsp3) is 0.368. The summed E-state index contributed by atoms with van der Waals surface area (Å²) in [5.74, 6) is 2.72. The molecule has 24 heavy (non-hydrogen) atoms. The molecule has 2 aromatic rings. The number of nitrogens with one attached hydrogen (secondary N) is 2. The molecule has 0 bridgehead atoms. The molecular formula is C19H23N3O2. The normalized spacial score (nSPS) is 11.8. The van der Waals surface area contributed by atoms with Crippen molar-refractivity contribution in [3.05, 3.63) is 68.5 Å². The van der Waals surface area contributed by atoms with Crippen LogP contribution in [0.2, 0.25) is 0 Å². The Morgan fingerprint density at radius 3 is 2.75 bits per heavy atom. The highest BCUT2D eigenvalue weighted by molar-refractivity contribution is 5.41. The summed E-state index contributed by atoms with van der Waals surface area (Å²) in [4.78, 5) is 24.8. The van der Waals surface area contributed by atoms with Crippen LogP contribution < -0.4 is 16.6 Å². The summed E-state index contributed by atoms with van der Waals surface area (Å²) in [6.45, 7) is 3.61. The monoisotopic (exact) mass is 325 g/mol. The van der Waals surface area contributed by atoms with Crippen molar-refractivity contribution in [3.63, 3.8) is 0 Å². The first-order valence-electron chi connectivity index (χ1n) is 8.20. The van der Waals surface area contributed by atoms with Gasteiger partial charge in [-0.1, -0.05) is 30.5 Å². The van der Waals surface area contributed by atoms with Gasteiger partial charge in [-0.25, -0.2) is 4.79 Å². The quantitative estimate of drug-likeness (QED) is 0.576. The Hall–Kier alpha value is -2.58. The molecule has 1 aromatic heterocycles. The van der Waals surface area contributed by atoms with E-state index in [0.29, 0.717) is 6.54 Å². The molecule has 1 heterocycles. The van der Waals surface area contributed by atoms with E-state index < -0.39 is 0 Å². The summed E-state index contributed by atoms with van der Waals surface area (Å²) in [6, 6.07) is 9.53. The van der Waals surface area contributed by atoms with Crippen molar-refractivity contribution < 1.29 is 0 Å². The van der Waals surface area contributed by atoms with Gasteiger partial charge in [0, 0.05) is 30.4 Å². The maximum atomic E-state index is 11.5. The number of aromatic amines is 1. The zero-order valence-corrected chi connectivity index (χ0v) is 13.9. The Bertz CT molecular complexity index is 814. The second-order valence-electron chi connectivity index (χ2n) is 5.77. The SMILES string of the molecule is C#Cc1ccccc1[C@@H](C)NCCCCCn1ccc(=O)[nH]c1=O. The Balaban J connectivity index is 1.70. The molecule has 0 amide bonds. The number of nitrogens with zero attached hydrogens (tertiary/aromatic N) is 1. The predicted octanol–water partition coefficient (Wildman–Crippen LogP) is 2.04. The third kappa shape index (κ3) is 4.97. The number of benzene rings is 1. The maximum Gasteiger partial charge on any atom is 0.328 e. The molecule has 1 aromatic carbocycles. The molecule has 1 atom stereocenters. The first kappa shape index (κ1) is 17.8. The average Bonchev–Trinajstić information content (AvgIpc) is 2.59. The smallest absolute Gasteiger partial charge is 0.310 e. The lowest BCUT2D eigenvalue weighted by atomic mass is 10.0. The van der Waals surface area contributed by atoms with E-state index in [0.717, 1.165) is 36.9 Å². The summed E-state index contributed by atoms with van der Waals surface area (Å²) in [6.07, 6.45) is 9.98. The summed E-state index contributed by atoms with van der Waals surface area (Å²) < 4.78 is 1.53. The van der Waals surface area contributed by atoms with Crippen LogP contribution in [0.25, 0.3) is 0 Å². The van der Waals surface area contributed by atoms with E-state index in [4.69, 9.17) is 6.42 Å². The molecule has 0 fully saturated rings. The van der Waals surface area contributed by atoms with E-state index >= 15 is 0 Å². The van der Waals surface area contributed by atoms with Gasteiger partial charge in [0.1, 0.15) is 0 Å². The second kappa shape index (κ2) is 8.90. The highest BCUT2D eigenvalue weighted by Crippen LogP contribution is 2.16. The Kier molecular flexibility index (Phi) is 6.59. The zero-order valence-electron chi connectivity index (χ0n) is 13.9. The maximum absolute atomic E-state index is 11.5. The lowest BCUT2D eigenvalue weighted by Crippen LogP contribution is -2.28. The number of terminal acetylenes is 1. The van der Waals surface area contributed by atoms with Crippen LogP contribution in [0.1, 0.15) is 43.4 Å². The third-order valence-corrected chi connectivity index (χ3v) is 4.01. The molecule has 5 nitrogen and oxygen atoms in total. The van der Waals surface area contributed by atoms with Crippen LogP contribution in [0.3, 0.4) is 0 Å². The molecule has 0 saturated carbocycles. The number of hydrogen-bond acceptors (Lipinski definition) is 3. The Morgan fingerprint density at radius 1 is 1.21 bits per heavy atom. The number of H-pyrrole nitrogens is 1. The lowest BCUT2D eigenvalue weighted by molar-refractivity contribution is 0.514. The predicted molar refractivity (Wildman–Crippen MR) is 96.0 cm³/mol. The molecule has 0 aliphatic carbocycles. The van der Waals surface area contributed by atoms with Crippen LogP contribution in [0.5, 0.6) is 0 Å². The Labute approximate surface area is 141 Å². The standard InChI is InChI=1S/C19H23N3O2/c1-3-16-9-5-6-10-17(16)15(2)20-12-7-4-8-13-22-14-11-18(23)21-19(22)24/h1,5-6,9-11,14-15,20H,4,7-8,12-13H2,2H3,(H,21,23,24)/t15-/m1/s1. The lowest BCUT2D eigenvalue weighted by Gasteiger charge is -2.16. The molecule has 2 N–H and O–H groups in total. The minimum absolute atomic E-state index is 0.207. The summed E-state index contributed by atoms with van der Waals surface area (Å²) in [7, 11) is 0. The molecule has 0 unspecified atom stereocenters. The van der Waals surface area contributed by atoms with Crippen molar-refractivity contribution in [1.29, 1.82) is 0 Å². The number of unbranched alkanes of at least 4 members (excludes halogenated alkanes) is 2. The van der Waals surface area contributed by atoms with E-state index in [1.54, 1.807) is 0 Å². The molecule has 2 rings (SSSR count). The van der Waals surface area contributed by atoms with Crippen molar-refractivity contribution >= 4 is 0 Å². The van der Waals surface area contributed by atoms with Crippen molar-refractivity contribution in [1.82, 2.24) is 14.9 Å². The molecular weight excluding hydrogens is 302 g/mol. The van der Waals surface area contributed by atoms with E-state index in [1.807, 2.05) is 18.2 Å². The highest BCUT2D eigenvalue weighted by atomic mass is 16.2. The van der Waals surface area contributed by atoms with Gasteiger partial charge in [-0.3, -0.25) is 9.78 Å². The second-order valence-corrected chi connectivity index (χ2v) is 5.77. The van der Waals surface area contributed by atoms with Crippen LogP contribution in [-0.2, 0) is 6.54 Å². The van der Waals surface area contributed by atoms with Gasteiger partial charge in [-0.15, -0.1) is 6.42 Å². The van der Waals surface area contributed by atoms with Crippen LogP contribution in [-0.4, -0.2) is 16.1 Å². The van der Waals surface area contributed by atoms with Gasteiger partial charge in [0.25, 0.3) is 5.56 Å². The van der Waals surface area contributed by atoms with Crippen molar-refractivity contribution in [3.8, 4) is 12.3 Å². The molecule has 0 radical (unpaired) electrons. The molecule has 5 heteroatoms. The average molecular weight is 325 g/mol. The van der Waals surface area contributed by atoms with E-state index in [9.17, 15) is 9.59 Å². The number of hydrogen-bond donors (Lipinski definition) is 2. The van der Waals surface area contributed by atoms with Crippen LogP contribution in [0, 0.1) is 12.3 Å². The zero-order chi connectivity index (χ0) is 17.4. The van der Waals surface area contributed by atoms with Gasteiger partial charge >= 0.3 is 5.69 Å². The summed E-state index contributed by atoms with van der Waals surface area (Å²) in [5.41, 5.74) is 1.36. The van der Waals surface area contributed by atoms with Crippen LogP contribution in [0.4, 0.5) is 0 Å². The van der Waals surface area contributed by atoms with E-state index in [-0.39, 0.29) is 17.3 Å². The molecule has 0 spiro atoms. The van der Waals surface area contributed by atoms with Crippen LogP contribution in [0.15, 0.2) is 46.1 Å². The van der Waals surface area contributed by atoms with Crippen molar-refractivity contribution in [2.45, 2.75) is 38.8 Å². The van der Waals surface area contributed by atoms with Gasteiger partial charge in [0.15, 0.2) is 0 Å². The molecule has 0 aliphatic rings. The van der Waals surface area contributed by atoms with Gasteiger partial charge in [-0.2, -0.15) is 0 Å². The van der Waals surface area contributed by atoms with E-state index in [1.165, 1.54) is 16.8 Å². The minimum Gasteiger partial charge on any atom is -0.310 e. The topological polar surface area (TPSA) is 66.9 Å². The van der Waals surface area contributed by atoms with Gasteiger partial charge in [0.2, 0.25) is 0 Å². The van der Waals surface area contributed by atoms with Crippen molar-refractivity contribution in [2.75, 3.05) is 6.54 Å². The number of rotatable bonds is 8. The molecule has 0 aliphatic heterocycles. The highest BCUT2D eigenvalue weighted by Gasteiger charge is 2.07. The Morgan fingerprint density at radius 2 is 2.00 bits per heavy atom. The largest absolute Gasteiger partial charge is 0.328 e. The fourth-order valence-electron chi connectivity index (χ4n) is 2.64. The number of aryl methyl sites for hydroxylation is 1. The number of aromatic nitrogens is 2. The molecule has 126 valence electrons. The van der Waals surface area contributed by atoms with Gasteiger partial charge in [-0.05, 0) is 37.9 Å². The summed E-state index contributed by atoms with van der Waals surface area (Å²) >= 11 is 0. The molecule has 0 saturated heterocycles. The minimum atomic E-state index is -0.360. The van der Waals surface area contributed by atoms with Gasteiger partial charge in [0.05, 0.1) is 0 Å².